The summed E-state index contributed by atoms with van der Waals surface area (Å²) in [5, 5.41) is 3.46. The Kier molecular flexibility index (Phi) is 6.44. The zero-order valence-electron chi connectivity index (χ0n) is 14.2. The molecule has 0 aromatic heterocycles. The van der Waals surface area contributed by atoms with E-state index in [1.165, 1.54) is 18.4 Å². The molecule has 1 aromatic carbocycles. The topological polar surface area (TPSA) is 32.3 Å². The van der Waals surface area contributed by atoms with Crippen LogP contribution in [0.2, 0.25) is 0 Å². The van der Waals surface area contributed by atoms with E-state index in [9.17, 15) is 4.79 Å². The minimum absolute atomic E-state index is 0.240. The highest BCUT2D eigenvalue weighted by Crippen LogP contribution is 2.24. The van der Waals surface area contributed by atoms with E-state index in [4.69, 9.17) is 0 Å². The Balaban J connectivity index is 1.94. The molecular formula is C19H30N2O. The molecule has 0 aliphatic carbocycles. The lowest BCUT2D eigenvalue weighted by Gasteiger charge is -2.32. The predicted molar refractivity (Wildman–Crippen MR) is 91.5 cm³/mol. The van der Waals surface area contributed by atoms with Crippen molar-refractivity contribution in [2.45, 2.75) is 52.6 Å². The molecule has 1 saturated heterocycles. The van der Waals surface area contributed by atoms with Gasteiger partial charge in [0.15, 0.2) is 0 Å². The number of nitrogens with zero attached hydrogens (tertiary/aromatic N) is 1. The average Bonchev–Trinajstić information content (AvgIpc) is 2.54. The Labute approximate surface area is 135 Å². The van der Waals surface area contributed by atoms with Gasteiger partial charge in [0.25, 0.3) is 0 Å². The molecule has 1 aromatic rings. The summed E-state index contributed by atoms with van der Waals surface area (Å²) in [5.74, 6) is 1.39. The molecule has 2 atom stereocenters. The van der Waals surface area contributed by atoms with Crippen LogP contribution < -0.4 is 5.32 Å². The summed E-state index contributed by atoms with van der Waals surface area (Å²) < 4.78 is 0. The van der Waals surface area contributed by atoms with Gasteiger partial charge in [0.05, 0.1) is 0 Å². The number of rotatable bonds is 6. The fourth-order valence-corrected chi connectivity index (χ4v) is 3.26. The second-order valence-electron chi connectivity index (χ2n) is 6.89. The molecule has 1 amide bonds. The Hall–Kier alpha value is -1.35. The summed E-state index contributed by atoms with van der Waals surface area (Å²) in [6.07, 6.45) is 3.15. The van der Waals surface area contributed by atoms with Gasteiger partial charge in [-0.2, -0.15) is 0 Å². The monoisotopic (exact) mass is 302 g/mol. The van der Waals surface area contributed by atoms with Gasteiger partial charge in [0, 0.05) is 19.0 Å². The number of nitrogens with one attached hydrogen (secondary N) is 1. The fourth-order valence-electron chi connectivity index (χ4n) is 3.26. The number of carbonyl (C=O) groups excluding carboxylic acids is 1. The first-order valence-corrected chi connectivity index (χ1v) is 8.62. The van der Waals surface area contributed by atoms with E-state index >= 15 is 0 Å². The van der Waals surface area contributed by atoms with Gasteiger partial charge in [-0.25, -0.2) is 0 Å². The van der Waals surface area contributed by atoms with Crippen molar-refractivity contribution in [3.63, 3.8) is 0 Å². The third-order valence-corrected chi connectivity index (χ3v) is 4.78. The fraction of sp³-hybridized carbons (Fsp3) is 0.632. The maximum atomic E-state index is 12.7. The van der Waals surface area contributed by atoms with E-state index in [0.717, 1.165) is 13.1 Å². The number of hydrogen-bond donors (Lipinski definition) is 1. The van der Waals surface area contributed by atoms with Crippen LogP contribution in [0.4, 0.5) is 0 Å². The third kappa shape index (κ3) is 4.84. The zero-order valence-corrected chi connectivity index (χ0v) is 14.2. The van der Waals surface area contributed by atoms with Gasteiger partial charge in [0.1, 0.15) is 0 Å². The first kappa shape index (κ1) is 17.0. The molecule has 1 aliphatic rings. The van der Waals surface area contributed by atoms with Crippen molar-refractivity contribution in [1.29, 1.82) is 0 Å². The van der Waals surface area contributed by atoms with Crippen LogP contribution in [-0.2, 0) is 11.3 Å². The number of carbonyl (C=O) groups is 1. The lowest BCUT2D eigenvalue weighted by Crippen LogP contribution is -2.39. The van der Waals surface area contributed by atoms with E-state index in [1.54, 1.807) is 0 Å². The highest BCUT2D eigenvalue weighted by molar-refractivity contribution is 5.76. The lowest BCUT2D eigenvalue weighted by molar-refractivity contribution is -0.134. The van der Waals surface area contributed by atoms with Gasteiger partial charge in [-0.15, -0.1) is 0 Å². The van der Waals surface area contributed by atoms with Crippen LogP contribution in [0.5, 0.6) is 0 Å². The molecule has 0 spiro atoms. The summed E-state index contributed by atoms with van der Waals surface area (Å²) in [7, 11) is 0. The summed E-state index contributed by atoms with van der Waals surface area (Å²) >= 11 is 0. The molecule has 2 rings (SSSR count). The minimum atomic E-state index is 0.240. The Bertz CT molecular complexity index is 452. The number of amides is 1. The molecule has 1 N–H and O–H groups in total. The lowest BCUT2D eigenvalue weighted by atomic mass is 9.85. The van der Waals surface area contributed by atoms with E-state index in [2.05, 4.69) is 38.2 Å². The SMILES string of the molecule is CC(CC(=O)N(Cc1ccccc1)C(C)C)C1CCCNC1. The van der Waals surface area contributed by atoms with Gasteiger partial charge < -0.3 is 10.2 Å². The highest BCUT2D eigenvalue weighted by Gasteiger charge is 2.25. The number of benzene rings is 1. The van der Waals surface area contributed by atoms with Crippen molar-refractivity contribution in [2.24, 2.45) is 11.8 Å². The van der Waals surface area contributed by atoms with Crippen LogP contribution in [0.25, 0.3) is 0 Å². The van der Waals surface area contributed by atoms with Crippen molar-refractivity contribution in [3.05, 3.63) is 35.9 Å². The van der Waals surface area contributed by atoms with Gasteiger partial charge in [-0.3, -0.25) is 4.79 Å². The summed E-state index contributed by atoms with van der Waals surface area (Å²) in [4.78, 5) is 14.8. The van der Waals surface area contributed by atoms with Crippen molar-refractivity contribution in [3.8, 4) is 0 Å². The first-order chi connectivity index (χ1) is 10.6. The van der Waals surface area contributed by atoms with Crippen molar-refractivity contribution in [2.75, 3.05) is 13.1 Å². The van der Waals surface area contributed by atoms with Crippen LogP contribution in [0.1, 0.15) is 45.6 Å². The molecule has 3 nitrogen and oxygen atoms in total. The van der Waals surface area contributed by atoms with Crippen LogP contribution in [-0.4, -0.2) is 29.9 Å². The molecular weight excluding hydrogens is 272 g/mol. The largest absolute Gasteiger partial charge is 0.336 e. The molecule has 0 radical (unpaired) electrons. The van der Waals surface area contributed by atoms with Crippen molar-refractivity contribution >= 4 is 5.91 Å². The Morgan fingerprint density at radius 1 is 1.27 bits per heavy atom. The molecule has 2 unspecified atom stereocenters. The van der Waals surface area contributed by atoms with Gasteiger partial charge in [0.2, 0.25) is 5.91 Å². The zero-order chi connectivity index (χ0) is 15.9. The average molecular weight is 302 g/mol. The summed E-state index contributed by atoms with van der Waals surface area (Å²) in [6.45, 7) is 9.35. The number of piperidine rings is 1. The standard InChI is InChI=1S/C19H30N2O/c1-15(2)21(14-17-8-5-4-6-9-17)19(22)12-16(3)18-10-7-11-20-13-18/h4-6,8-9,15-16,18,20H,7,10-14H2,1-3H3. The number of hydrogen-bond acceptors (Lipinski definition) is 2. The first-order valence-electron chi connectivity index (χ1n) is 8.62. The van der Waals surface area contributed by atoms with Crippen LogP contribution in [0, 0.1) is 11.8 Å². The quantitative estimate of drug-likeness (QED) is 0.873. The van der Waals surface area contributed by atoms with Crippen LogP contribution in [0.15, 0.2) is 30.3 Å². The highest BCUT2D eigenvalue weighted by atomic mass is 16.2. The molecule has 3 heteroatoms. The van der Waals surface area contributed by atoms with Crippen molar-refractivity contribution < 1.29 is 4.79 Å². The Morgan fingerprint density at radius 2 is 2.00 bits per heavy atom. The molecule has 0 saturated carbocycles. The molecule has 122 valence electrons. The predicted octanol–water partition coefficient (Wildman–Crippen LogP) is 3.45. The Morgan fingerprint density at radius 3 is 2.59 bits per heavy atom. The minimum Gasteiger partial charge on any atom is -0.336 e. The molecule has 0 bridgehead atoms. The second kappa shape index (κ2) is 8.33. The smallest absolute Gasteiger partial charge is 0.223 e. The normalized spacial score (nSPS) is 19.9. The van der Waals surface area contributed by atoms with Crippen LogP contribution >= 0.6 is 0 Å². The summed E-state index contributed by atoms with van der Waals surface area (Å²) in [6, 6.07) is 10.5. The van der Waals surface area contributed by atoms with E-state index < -0.39 is 0 Å². The third-order valence-electron chi connectivity index (χ3n) is 4.78. The van der Waals surface area contributed by atoms with Crippen LogP contribution in [0.3, 0.4) is 0 Å². The van der Waals surface area contributed by atoms with Gasteiger partial charge in [-0.1, -0.05) is 37.3 Å². The maximum Gasteiger partial charge on any atom is 0.223 e. The molecule has 1 fully saturated rings. The molecule has 1 aliphatic heterocycles. The second-order valence-corrected chi connectivity index (χ2v) is 6.89. The van der Waals surface area contributed by atoms with Gasteiger partial charge in [-0.05, 0) is 57.2 Å². The van der Waals surface area contributed by atoms with E-state index in [0.29, 0.717) is 24.8 Å². The van der Waals surface area contributed by atoms with E-state index in [-0.39, 0.29) is 11.9 Å². The van der Waals surface area contributed by atoms with Gasteiger partial charge >= 0.3 is 0 Å². The van der Waals surface area contributed by atoms with E-state index in [1.807, 2.05) is 23.1 Å². The maximum absolute atomic E-state index is 12.7. The summed E-state index contributed by atoms with van der Waals surface area (Å²) in [5.41, 5.74) is 1.21. The molecule has 22 heavy (non-hydrogen) atoms. The molecule has 1 heterocycles. The van der Waals surface area contributed by atoms with Crippen molar-refractivity contribution in [1.82, 2.24) is 10.2 Å².